The highest BCUT2D eigenvalue weighted by Gasteiger charge is 2.13. The van der Waals surface area contributed by atoms with E-state index in [1.54, 1.807) is 30.5 Å². The molecule has 0 radical (unpaired) electrons. The fraction of sp³-hybridized carbons (Fsp3) is 0.261. The summed E-state index contributed by atoms with van der Waals surface area (Å²) in [6.07, 6.45) is 2.67. The highest BCUT2D eigenvalue weighted by Crippen LogP contribution is 2.28. The van der Waals surface area contributed by atoms with Gasteiger partial charge in [0, 0.05) is 37.7 Å². The van der Waals surface area contributed by atoms with Crippen molar-refractivity contribution >= 4 is 62.6 Å². The van der Waals surface area contributed by atoms with E-state index >= 15 is 0 Å². The molecule has 12 heteroatoms. The summed E-state index contributed by atoms with van der Waals surface area (Å²) in [5.74, 6) is 2.17. The van der Waals surface area contributed by atoms with Gasteiger partial charge in [0.2, 0.25) is 11.9 Å². The molecule has 2 aromatic carbocycles. The van der Waals surface area contributed by atoms with Crippen LogP contribution in [-0.2, 0) is 17.2 Å². The van der Waals surface area contributed by atoms with Crippen LogP contribution in [0.5, 0.6) is 5.75 Å². The van der Waals surface area contributed by atoms with Crippen LogP contribution in [0.2, 0.25) is 0 Å². The average molecular weight is 518 g/mol. The smallest absolute Gasteiger partial charge is 0.306 e. The third-order valence-corrected chi connectivity index (χ3v) is 5.51. The van der Waals surface area contributed by atoms with Gasteiger partial charge in [0.1, 0.15) is 11.6 Å². The lowest BCUT2D eigenvalue weighted by molar-refractivity contribution is 0.493. The van der Waals surface area contributed by atoms with Crippen molar-refractivity contribution in [3.8, 4) is 5.75 Å². The van der Waals surface area contributed by atoms with Crippen LogP contribution in [0.3, 0.4) is 0 Å². The number of aryl methyl sites for hydroxylation is 1. The van der Waals surface area contributed by atoms with Crippen molar-refractivity contribution in [1.82, 2.24) is 19.5 Å². The van der Waals surface area contributed by atoms with Crippen molar-refractivity contribution in [2.75, 3.05) is 28.8 Å². The fourth-order valence-electron chi connectivity index (χ4n) is 3.41. The summed E-state index contributed by atoms with van der Waals surface area (Å²) in [6.45, 7) is 4.16. The second kappa shape index (κ2) is 10.4. The molecule has 0 aliphatic rings. The number of benzene rings is 2. The molecule has 2 N–H and O–H groups in total. The van der Waals surface area contributed by atoms with Crippen molar-refractivity contribution in [2.24, 2.45) is 7.05 Å². The molecule has 186 valence electrons. The maximum atomic E-state index is 11.3. The second-order valence-corrected chi connectivity index (χ2v) is 9.78. The van der Waals surface area contributed by atoms with Crippen LogP contribution in [-0.4, -0.2) is 47.3 Å². The van der Waals surface area contributed by atoms with Gasteiger partial charge >= 0.3 is 10.1 Å². The van der Waals surface area contributed by atoms with E-state index in [0.717, 1.165) is 28.9 Å². The van der Waals surface area contributed by atoms with E-state index in [0.29, 0.717) is 17.5 Å². The molecular weight excluding hydrogens is 490 g/mol. The molecule has 0 unspecified atom stereocenters. The topological polar surface area (TPSA) is 114 Å². The first-order chi connectivity index (χ1) is 16.1. The molecule has 2 heterocycles. The number of rotatable bonds is 8. The molecule has 35 heavy (non-hydrogen) atoms. The third kappa shape index (κ3) is 6.31. The van der Waals surface area contributed by atoms with Crippen LogP contribution in [0.25, 0.3) is 11.0 Å². The maximum Gasteiger partial charge on any atom is 0.306 e. The SMILES string of the molecule is CC(C)Nc1nc2cc(N(C)c3ccnc(Nc4ccc(OS(C)(=O)=O)cc4)n3)ccc2n1C.Cl. The first kappa shape index (κ1) is 26.0. The third-order valence-electron chi connectivity index (χ3n) is 5.01. The molecule has 0 atom stereocenters. The molecule has 0 spiro atoms. The zero-order valence-electron chi connectivity index (χ0n) is 20.1. The van der Waals surface area contributed by atoms with E-state index < -0.39 is 10.1 Å². The van der Waals surface area contributed by atoms with Crippen LogP contribution in [0.4, 0.5) is 29.1 Å². The molecule has 0 saturated carbocycles. The van der Waals surface area contributed by atoms with Crippen LogP contribution in [0.15, 0.2) is 54.7 Å². The van der Waals surface area contributed by atoms with Gasteiger partial charge in [0.15, 0.2) is 0 Å². The lowest BCUT2D eigenvalue weighted by atomic mass is 10.2. The van der Waals surface area contributed by atoms with E-state index in [1.165, 1.54) is 0 Å². The number of imidazole rings is 1. The zero-order valence-corrected chi connectivity index (χ0v) is 21.7. The molecule has 0 aliphatic heterocycles. The van der Waals surface area contributed by atoms with Crippen LogP contribution < -0.4 is 19.7 Å². The monoisotopic (exact) mass is 517 g/mol. The number of fused-ring (bicyclic) bond motifs is 1. The Hall–Kier alpha value is -3.57. The Labute approximate surface area is 210 Å². The molecule has 0 saturated heterocycles. The molecular formula is C23H28ClN7O3S. The summed E-state index contributed by atoms with van der Waals surface area (Å²) in [6, 6.07) is 14.7. The van der Waals surface area contributed by atoms with Crippen molar-refractivity contribution < 1.29 is 12.6 Å². The lowest BCUT2D eigenvalue weighted by Gasteiger charge is -2.19. The number of nitrogens with one attached hydrogen (secondary N) is 2. The Morgan fingerprint density at radius 3 is 2.43 bits per heavy atom. The van der Waals surface area contributed by atoms with Gasteiger partial charge in [-0.2, -0.15) is 13.4 Å². The van der Waals surface area contributed by atoms with E-state index in [2.05, 4.69) is 34.4 Å². The Balaban J connectivity index is 0.00000342. The minimum absolute atomic E-state index is 0. The van der Waals surface area contributed by atoms with Gasteiger partial charge < -0.3 is 24.3 Å². The second-order valence-electron chi connectivity index (χ2n) is 8.20. The van der Waals surface area contributed by atoms with E-state index in [1.807, 2.05) is 47.8 Å². The Morgan fingerprint density at radius 2 is 1.77 bits per heavy atom. The van der Waals surface area contributed by atoms with Gasteiger partial charge in [-0.1, -0.05) is 0 Å². The van der Waals surface area contributed by atoms with E-state index in [-0.39, 0.29) is 24.2 Å². The summed E-state index contributed by atoms with van der Waals surface area (Å²) in [5.41, 5.74) is 3.56. The number of hydrogen-bond donors (Lipinski definition) is 2. The predicted molar refractivity (Wildman–Crippen MR) is 142 cm³/mol. The zero-order chi connectivity index (χ0) is 24.5. The standard InChI is InChI=1S/C23H27N7O3S.ClH/c1-15(2)25-23-27-19-14-17(8-11-20(19)30(23)4)29(3)21-12-13-24-22(28-21)26-16-6-9-18(10-7-16)33-34(5,31)32;/h6-15H,1-5H3,(H,25,27)(H,24,26,28);1H. The Bertz CT molecular complexity index is 1420. The molecule has 0 amide bonds. The molecule has 4 rings (SSSR count). The number of halogens is 1. The van der Waals surface area contributed by atoms with E-state index in [4.69, 9.17) is 9.17 Å². The van der Waals surface area contributed by atoms with Crippen molar-refractivity contribution in [3.63, 3.8) is 0 Å². The summed E-state index contributed by atoms with van der Waals surface area (Å²) in [5, 5.41) is 6.48. The van der Waals surface area contributed by atoms with Crippen LogP contribution >= 0.6 is 12.4 Å². The van der Waals surface area contributed by atoms with Crippen molar-refractivity contribution in [1.29, 1.82) is 0 Å². The van der Waals surface area contributed by atoms with Gasteiger partial charge in [0.05, 0.1) is 17.3 Å². The summed E-state index contributed by atoms with van der Waals surface area (Å²) >= 11 is 0. The lowest BCUT2D eigenvalue weighted by Crippen LogP contribution is -2.13. The Kier molecular flexibility index (Phi) is 7.71. The minimum atomic E-state index is -3.57. The normalized spacial score (nSPS) is 11.3. The largest absolute Gasteiger partial charge is 0.383 e. The summed E-state index contributed by atoms with van der Waals surface area (Å²) in [7, 11) is 0.352. The van der Waals surface area contributed by atoms with Crippen molar-refractivity contribution in [2.45, 2.75) is 19.9 Å². The molecule has 4 aromatic rings. The summed E-state index contributed by atoms with van der Waals surface area (Å²) < 4.78 is 29.4. The maximum absolute atomic E-state index is 11.3. The van der Waals surface area contributed by atoms with Crippen molar-refractivity contribution in [3.05, 3.63) is 54.7 Å². The minimum Gasteiger partial charge on any atom is -0.383 e. The van der Waals surface area contributed by atoms with Gasteiger partial charge in [-0.25, -0.2) is 9.97 Å². The quantitative estimate of drug-likeness (QED) is 0.327. The van der Waals surface area contributed by atoms with Crippen LogP contribution in [0.1, 0.15) is 13.8 Å². The first-order valence-corrected chi connectivity index (χ1v) is 12.5. The van der Waals surface area contributed by atoms with Gasteiger partial charge in [-0.05, 0) is 62.4 Å². The molecule has 2 aromatic heterocycles. The molecule has 0 aliphatic carbocycles. The highest BCUT2D eigenvalue weighted by atomic mass is 35.5. The van der Waals surface area contributed by atoms with Gasteiger partial charge in [-0.3, -0.25) is 0 Å². The first-order valence-electron chi connectivity index (χ1n) is 10.7. The number of aromatic nitrogens is 4. The average Bonchev–Trinajstić information content (AvgIpc) is 3.08. The molecule has 10 nitrogen and oxygen atoms in total. The van der Waals surface area contributed by atoms with Gasteiger partial charge in [-0.15, -0.1) is 12.4 Å². The molecule has 0 fully saturated rings. The fourth-order valence-corrected chi connectivity index (χ4v) is 3.87. The number of anilines is 5. The Morgan fingerprint density at radius 1 is 1.06 bits per heavy atom. The van der Waals surface area contributed by atoms with Gasteiger partial charge in [0.25, 0.3) is 0 Å². The molecule has 0 bridgehead atoms. The number of hydrogen-bond acceptors (Lipinski definition) is 9. The van der Waals surface area contributed by atoms with E-state index in [9.17, 15) is 8.42 Å². The highest BCUT2D eigenvalue weighted by molar-refractivity contribution is 7.86. The number of nitrogens with zero attached hydrogens (tertiary/aromatic N) is 5. The predicted octanol–water partition coefficient (Wildman–Crippen LogP) is 4.46. The van der Waals surface area contributed by atoms with Crippen LogP contribution in [0, 0.1) is 0 Å². The summed E-state index contributed by atoms with van der Waals surface area (Å²) in [4.78, 5) is 15.6.